The second kappa shape index (κ2) is 4.06. The highest BCUT2D eigenvalue weighted by atomic mass is 15.0. The quantitative estimate of drug-likeness (QED) is 0.788. The Bertz CT molecular complexity index is 530. The molecular formula is C16H20N2. The van der Waals surface area contributed by atoms with Gasteiger partial charge in [-0.3, -0.25) is 4.99 Å². The Hall–Kier alpha value is -1.41. The molecule has 94 valence electrons. The lowest BCUT2D eigenvalue weighted by molar-refractivity contribution is 0.519. The zero-order valence-electron chi connectivity index (χ0n) is 11.2. The standard InChI is InChI=1S/C16H20N2/c1-4-17-14-10-9-11(2)16(3)12-7-5-6-8-13(12)18-15(14)16/h5-8,14,17H,2,4,9-10H2,1,3H3. The van der Waals surface area contributed by atoms with E-state index in [0.29, 0.717) is 6.04 Å². The van der Waals surface area contributed by atoms with E-state index in [0.717, 1.165) is 25.1 Å². The van der Waals surface area contributed by atoms with Gasteiger partial charge in [-0.05, 0) is 37.9 Å². The Balaban J connectivity index is 2.12. The summed E-state index contributed by atoms with van der Waals surface area (Å²) in [5, 5.41) is 3.56. The summed E-state index contributed by atoms with van der Waals surface area (Å²) in [5.74, 6) is 0. The van der Waals surface area contributed by atoms with E-state index in [-0.39, 0.29) is 5.41 Å². The highest BCUT2D eigenvalue weighted by molar-refractivity contribution is 6.08. The van der Waals surface area contributed by atoms with Crippen LogP contribution in [0.15, 0.2) is 41.4 Å². The number of nitrogens with one attached hydrogen (secondary N) is 1. The van der Waals surface area contributed by atoms with Gasteiger partial charge in [-0.25, -0.2) is 0 Å². The van der Waals surface area contributed by atoms with Crippen LogP contribution < -0.4 is 5.32 Å². The predicted octanol–water partition coefficient (Wildman–Crippen LogP) is 3.36. The minimum atomic E-state index is -0.0539. The number of nitrogens with zero attached hydrogens (tertiary/aromatic N) is 1. The van der Waals surface area contributed by atoms with Gasteiger partial charge in [-0.15, -0.1) is 0 Å². The Morgan fingerprint density at radius 3 is 3.00 bits per heavy atom. The maximum absolute atomic E-state index is 4.89. The maximum atomic E-state index is 4.89. The normalized spacial score (nSPS) is 29.8. The number of para-hydroxylation sites is 1. The first-order valence-corrected chi connectivity index (χ1v) is 6.78. The molecule has 3 rings (SSSR count). The first-order chi connectivity index (χ1) is 8.67. The maximum Gasteiger partial charge on any atom is 0.0675 e. The molecule has 0 radical (unpaired) electrons. The second-order valence-electron chi connectivity index (χ2n) is 5.39. The molecule has 0 saturated heterocycles. The van der Waals surface area contributed by atoms with Crippen LogP contribution in [-0.4, -0.2) is 18.3 Å². The lowest BCUT2D eigenvalue weighted by Gasteiger charge is -2.39. The summed E-state index contributed by atoms with van der Waals surface area (Å²) in [7, 11) is 0. The van der Waals surface area contributed by atoms with Crippen molar-refractivity contribution in [2.24, 2.45) is 4.99 Å². The van der Waals surface area contributed by atoms with Crippen molar-refractivity contribution in [3.8, 4) is 0 Å². The smallest absolute Gasteiger partial charge is 0.0675 e. The molecule has 2 atom stereocenters. The van der Waals surface area contributed by atoms with Crippen molar-refractivity contribution < 1.29 is 0 Å². The fourth-order valence-electron chi connectivity index (χ4n) is 3.32. The first kappa shape index (κ1) is 11.7. The van der Waals surface area contributed by atoms with Gasteiger partial charge < -0.3 is 5.32 Å². The molecule has 0 bridgehead atoms. The third kappa shape index (κ3) is 1.42. The van der Waals surface area contributed by atoms with Crippen LogP contribution in [0.25, 0.3) is 0 Å². The first-order valence-electron chi connectivity index (χ1n) is 6.78. The van der Waals surface area contributed by atoms with Gasteiger partial charge in [0.2, 0.25) is 0 Å². The SMILES string of the molecule is C=C1CCC(NCC)C2=Nc3ccccc3C12C. The predicted molar refractivity (Wildman–Crippen MR) is 76.7 cm³/mol. The van der Waals surface area contributed by atoms with Crippen LogP contribution in [0.5, 0.6) is 0 Å². The van der Waals surface area contributed by atoms with Crippen LogP contribution in [0.1, 0.15) is 32.3 Å². The number of aliphatic imine (C=N–C) groups is 1. The minimum Gasteiger partial charge on any atom is -0.309 e. The molecule has 2 unspecified atom stereocenters. The van der Waals surface area contributed by atoms with E-state index in [9.17, 15) is 0 Å². The highest BCUT2D eigenvalue weighted by Gasteiger charge is 2.46. The van der Waals surface area contributed by atoms with Crippen molar-refractivity contribution in [2.45, 2.75) is 38.1 Å². The molecule has 1 heterocycles. The van der Waals surface area contributed by atoms with Gasteiger partial charge in [0.05, 0.1) is 11.1 Å². The van der Waals surface area contributed by atoms with E-state index >= 15 is 0 Å². The molecule has 1 saturated carbocycles. The zero-order valence-corrected chi connectivity index (χ0v) is 11.2. The van der Waals surface area contributed by atoms with Gasteiger partial charge in [0, 0.05) is 11.8 Å². The molecular weight excluding hydrogens is 220 g/mol. The molecule has 1 aromatic rings. The fraction of sp³-hybridized carbons (Fsp3) is 0.438. The van der Waals surface area contributed by atoms with Crippen LogP contribution in [0.4, 0.5) is 5.69 Å². The molecule has 0 spiro atoms. The van der Waals surface area contributed by atoms with Gasteiger partial charge in [-0.1, -0.05) is 37.3 Å². The van der Waals surface area contributed by atoms with E-state index in [1.807, 2.05) is 0 Å². The summed E-state index contributed by atoms with van der Waals surface area (Å²) >= 11 is 0. The van der Waals surface area contributed by atoms with Crippen molar-refractivity contribution >= 4 is 11.4 Å². The number of benzene rings is 1. The highest BCUT2D eigenvalue weighted by Crippen LogP contribution is 2.49. The van der Waals surface area contributed by atoms with Crippen molar-refractivity contribution in [3.05, 3.63) is 42.0 Å². The van der Waals surface area contributed by atoms with Gasteiger partial charge >= 0.3 is 0 Å². The van der Waals surface area contributed by atoms with Crippen molar-refractivity contribution in [1.82, 2.24) is 5.32 Å². The van der Waals surface area contributed by atoms with Crippen LogP contribution in [-0.2, 0) is 5.41 Å². The molecule has 2 aliphatic rings. The lowest BCUT2D eigenvalue weighted by atomic mass is 9.66. The van der Waals surface area contributed by atoms with Crippen molar-refractivity contribution in [2.75, 3.05) is 6.54 Å². The molecule has 2 nitrogen and oxygen atoms in total. The summed E-state index contributed by atoms with van der Waals surface area (Å²) in [5.41, 5.74) is 4.97. The Kier molecular flexibility index (Phi) is 2.63. The van der Waals surface area contributed by atoms with E-state index < -0.39 is 0 Å². The van der Waals surface area contributed by atoms with E-state index in [1.165, 1.54) is 16.8 Å². The molecule has 1 fully saturated rings. The van der Waals surface area contributed by atoms with E-state index in [2.05, 4.69) is 50.0 Å². The fourth-order valence-corrected chi connectivity index (χ4v) is 3.32. The Morgan fingerprint density at radius 1 is 1.44 bits per heavy atom. The third-order valence-electron chi connectivity index (χ3n) is 4.42. The average molecular weight is 240 g/mol. The number of hydrogen-bond donors (Lipinski definition) is 1. The second-order valence-corrected chi connectivity index (χ2v) is 5.39. The zero-order chi connectivity index (χ0) is 12.8. The topological polar surface area (TPSA) is 24.4 Å². The van der Waals surface area contributed by atoms with Crippen molar-refractivity contribution in [3.63, 3.8) is 0 Å². The van der Waals surface area contributed by atoms with Gasteiger partial charge in [-0.2, -0.15) is 0 Å². The summed E-state index contributed by atoms with van der Waals surface area (Å²) in [6.45, 7) is 9.74. The van der Waals surface area contributed by atoms with Crippen molar-refractivity contribution in [1.29, 1.82) is 0 Å². The average Bonchev–Trinajstić information content (AvgIpc) is 2.69. The summed E-state index contributed by atoms with van der Waals surface area (Å²) in [4.78, 5) is 4.89. The largest absolute Gasteiger partial charge is 0.309 e. The lowest BCUT2D eigenvalue weighted by Crippen LogP contribution is -2.49. The van der Waals surface area contributed by atoms with Gasteiger partial charge in [0.1, 0.15) is 0 Å². The molecule has 2 heteroatoms. The van der Waals surface area contributed by atoms with Crippen LogP contribution in [0, 0.1) is 0 Å². The number of allylic oxidation sites excluding steroid dienone is 1. The van der Waals surface area contributed by atoms with Gasteiger partial charge in [0.25, 0.3) is 0 Å². The summed E-state index contributed by atoms with van der Waals surface area (Å²) in [6.07, 6.45) is 2.20. The number of fused-ring (bicyclic) bond motifs is 3. The number of hydrogen-bond acceptors (Lipinski definition) is 2. The van der Waals surface area contributed by atoms with Crippen LogP contribution in [0.3, 0.4) is 0 Å². The molecule has 1 aliphatic heterocycles. The molecule has 0 amide bonds. The summed E-state index contributed by atoms with van der Waals surface area (Å²) in [6, 6.07) is 8.88. The molecule has 1 N–H and O–H groups in total. The number of rotatable bonds is 2. The van der Waals surface area contributed by atoms with E-state index in [4.69, 9.17) is 4.99 Å². The molecule has 0 aromatic heterocycles. The van der Waals surface area contributed by atoms with E-state index in [1.54, 1.807) is 0 Å². The summed E-state index contributed by atoms with van der Waals surface area (Å²) < 4.78 is 0. The Labute approximate surface area is 109 Å². The van der Waals surface area contributed by atoms with Crippen LogP contribution >= 0.6 is 0 Å². The molecule has 1 aliphatic carbocycles. The van der Waals surface area contributed by atoms with Gasteiger partial charge in [0.15, 0.2) is 0 Å². The molecule has 18 heavy (non-hydrogen) atoms. The molecule has 1 aromatic carbocycles. The van der Waals surface area contributed by atoms with Crippen LogP contribution in [0.2, 0.25) is 0 Å². The third-order valence-corrected chi connectivity index (χ3v) is 4.42. The Morgan fingerprint density at radius 2 is 2.22 bits per heavy atom. The minimum absolute atomic E-state index is 0.0539. The monoisotopic (exact) mass is 240 g/mol.